The SMILES string of the molecule is C=CC(=C)N=C(N)/N=C(C)/C(C)=C/C=C(\C)OC1CCNCC1(F)F. The third-order valence-electron chi connectivity index (χ3n) is 3.66. The number of alkyl halides is 2. The van der Waals surface area contributed by atoms with Crippen molar-refractivity contribution in [3.8, 4) is 0 Å². The van der Waals surface area contributed by atoms with Gasteiger partial charge < -0.3 is 15.8 Å². The first-order chi connectivity index (χ1) is 11.7. The maximum Gasteiger partial charge on any atom is 0.296 e. The van der Waals surface area contributed by atoms with Gasteiger partial charge in [0.2, 0.25) is 5.96 Å². The fourth-order valence-electron chi connectivity index (χ4n) is 2.06. The van der Waals surface area contributed by atoms with Gasteiger partial charge in [-0.3, -0.25) is 0 Å². The monoisotopic (exact) mass is 352 g/mol. The van der Waals surface area contributed by atoms with Gasteiger partial charge in [0.25, 0.3) is 5.92 Å². The van der Waals surface area contributed by atoms with E-state index >= 15 is 0 Å². The Labute approximate surface area is 147 Å². The molecule has 1 aliphatic heterocycles. The van der Waals surface area contributed by atoms with Crippen molar-refractivity contribution in [2.45, 2.75) is 39.2 Å². The molecule has 138 valence electrons. The number of piperidine rings is 1. The van der Waals surface area contributed by atoms with Crippen molar-refractivity contribution < 1.29 is 13.5 Å². The van der Waals surface area contributed by atoms with Crippen molar-refractivity contribution in [2.24, 2.45) is 15.7 Å². The lowest BCUT2D eigenvalue weighted by molar-refractivity contribution is -0.130. The third-order valence-corrected chi connectivity index (χ3v) is 3.66. The number of allylic oxidation sites excluding steroid dienone is 5. The van der Waals surface area contributed by atoms with Crippen LogP contribution in [0.15, 0.2) is 58.4 Å². The highest BCUT2D eigenvalue weighted by Crippen LogP contribution is 2.27. The number of nitrogens with two attached hydrogens (primary N) is 1. The molecule has 0 aromatic rings. The second-order valence-electron chi connectivity index (χ2n) is 5.82. The van der Waals surface area contributed by atoms with Crippen LogP contribution in [0.4, 0.5) is 8.78 Å². The summed E-state index contributed by atoms with van der Waals surface area (Å²) in [4.78, 5) is 8.09. The van der Waals surface area contributed by atoms with Gasteiger partial charge in [-0.2, -0.15) is 0 Å². The fourth-order valence-corrected chi connectivity index (χ4v) is 2.06. The molecule has 1 aliphatic rings. The molecule has 0 aromatic heterocycles. The number of ether oxygens (including phenoxy) is 1. The van der Waals surface area contributed by atoms with Crippen LogP contribution in [0.25, 0.3) is 0 Å². The molecule has 1 fully saturated rings. The summed E-state index contributed by atoms with van der Waals surface area (Å²) in [5.74, 6) is -2.39. The van der Waals surface area contributed by atoms with E-state index in [1.54, 1.807) is 26.0 Å². The summed E-state index contributed by atoms with van der Waals surface area (Å²) in [6.45, 7) is 12.6. The zero-order valence-electron chi connectivity index (χ0n) is 15.0. The highest BCUT2D eigenvalue weighted by atomic mass is 19.3. The number of nitrogens with zero attached hydrogens (tertiary/aromatic N) is 2. The van der Waals surface area contributed by atoms with E-state index in [1.165, 1.54) is 6.08 Å². The molecule has 0 spiro atoms. The number of guanidine groups is 1. The maximum atomic E-state index is 13.7. The molecule has 5 nitrogen and oxygen atoms in total. The van der Waals surface area contributed by atoms with Gasteiger partial charge in [0.05, 0.1) is 18.0 Å². The lowest BCUT2D eigenvalue weighted by atomic mass is 10.1. The minimum absolute atomic E-state index is 0.0708. The molecule has 1 heterocycles. The molecule has 1 rings (SSSR count). The molecule has 3 N–H and O–H groups in total. The van der Waals surface area contributed by atoms with Gasteiger partial charge in [-0.1, -0.05) is 19.2 Å². The molecule has 0 aromatic carbocycles. The van der Waals surface area contributed by atoms with E-state index in [9.17, 15) is 8.78 Å². The predicted molar refractivity (Wildman–Crippen MR) is 98.9 cm³/mol. The van der Waals surface area contributed by atoms with Crippen LogP contribution in [0.1, 0.15) is 27.2 Å². The molecular weight excluding hydrogens is 326 g/mol. The van der Waals surface area contributed by atoms with Gasteiger partial charge >= 0.3 is 0 Å². The number of nitrogens with one attached hydrogen (secondary N) is 1. The van der Waals surface area contributed by atoms with Gasteiger partial charge in [0, 0.05) is 12.1 Å². The number of aliphatic imine (C=N–C) groups is 2. The van der Waals surface area contributed by atoms with Crippen molar-refractivity contribution in [3.63, 3.8) is 0 Å². The second-order valence-corrected chi connectivity index (χ2v) is 5.82. The van der Waals surface area contributed by atoms with E-state index in [2.05, 4.69) is 28.5 Å². The third kappa shape index (κ3) is 7.01. The largest absolute Gasteiger partial charge is 0.489 e. The normalized spacial score (nSPS) is 22.5. The zero-order valence-corrected chi connectivity index (χ0v) is 15.0. The van der Waals surface area contributed by atoms with Crippen LogP contribution < -0.4 is 11.1 Å². The Morgan fingerprint density at radius 1 is 1.28 bits per heavy atom. The Bertz CT molecular complexity index is 633. The molecule has 0 saturated carbocycles. The maximum absolute atomic E-state index is 13.7. The van der Waals surface area contributed by atoms with Crippen LogP contribution in [0.5, 0.6) is 0 Å². The first-order valence-electron chi connectivity index (χ1n) is 7.97. The standard InChI is InChI=1S/C18H26F2N4O/c1-6-13(3)23-17(21)24-15(5)12(2)7-8-14(4)25-16-9-10-22-11-18(16,19)20/h6-8,16,22H,1,3,9-11H2,2,4-5H3,(H2,21,23)/b12-7+,14-8+,24-15+. The van der Waals surface area contributed by atoms with Crippen LogP contribution in [0.2, 0.25) is 0 Å². The van der Waals surface area contributed by atoms with Gasteiger partial charge in [-0.15, -0.1) is 0 Å². The number of hydrogen-bond donors (Lipinski definition) is 2. The summed E-state index contributed by atoms with van der Waals surface area (Å²) in [7, 11) is 0. The minimum atomic E-state index is -2.87. The molecule has 0 radical (unpaired) electrons. The van der Waals surface area contributed by atoms with Crippen LogP contribution in [-0.2, 0) is 4.74 Å². The van der Waals surface area contributed by atoms with Crippen molar-refractivity contribution in [3.05, 3.63) is 48.4 Å². The predicted octanol–water partition coefficient (Wildman–Crippen LogP) is 3.33. The van der Waals surface area contributed by atoms with Gasteiger partial charge in [-0.25, -0.2) is 18.8 Å². The highest BCUT2D eigenvalue weighted by Gasteiger charge is 2.43. The Hall–Kier alpha value is -2.28. The Morgan fingerprint density at radius 2 is 1.96 bits per heavy atom. The Morgan fingerprint density at radius 3 is 2.56 bits per heavy atom. The summed E-state index contributed by atoms with van der Waals surface area (Å²) in [5.41, 5.74) is 7.57. The van der Waals surface area contributed by atoms with E-state index in [4.69, 9.17) is 10.5 Å². The summed E-state index contributed by atoms with van der Waals surface area (Å²) in [5, 5.41) is 2.67. The lowest BCUT2D eigenvalue weighted by Crippen LogP contribution is -2.50. The van der Waals surface area contributed by atoms with Crippen LogP contribution in [0.3, 0.4) is 0 Å². The van der Waals surface area contributed by atoms with Crippen LogP contribution in [-0.4, -0.2) is 36.8 Å². The quantitative estimate of drug-likeness (QED) is 0.333. The van der Waals surface area contributed by atoms with E-state index in [0.29, 0.717) is 23.7 Å². The molecule has 25 heavy (non-hydrogen) atoms. The summed E-state index contributed by atoms with van der Waals surface area (Å²) >= 11 is 0. The molecule has 0 amide bonds. The average molecular weight is 352 g/mol. The molecule has 0 aliphatic carbocycles. The topological polar surface area (TPSA) is 72.0 Å². The Balaban J connectivity index is 2.77. The molecular formula is C18H26F2N4O. The number of hydrogen-bond acceptors (Lipinski definition) is 3. The summed E-state index contributed by atoms with van der Waals surface area (Å²) in [6, 6.07) is 0. The second kappa shape index (κ2) is 9.27. The minimum Gasteiger partial charge on any atom is -0.489 e. The van der Waals surface area contributed by atoms with E-state index in [-0.39, 0.29) is 18.9 Å². The van der Waals surface area contributed by atoms with Crippen LogP contribution >= 0.6 is 0 Å². The number of halogens is 2. The van der Waals surface area contributed by atoms with E-state index < -0.39 is 12.0 Å². The Kier molecular flexibility index (Phi) is 7.70. The van der Waals surface area contributed by atoms with Gasteiger partial charge in [0.15, 0.2) is 6.10 Å². The van der Waals surface area contributed by atoms with Crippen molar-refractivity contribution in [2.75, 3.05) is 13.1 Å². The summed E-state index contributed by atoms with van der Waals surface area (Å²) in [6.07, 6.45) is 4.01. The molecule has 1 saturated heterocycles. The van der Waals surface area contributed by atoms with Crippen LogP contribution in [0, 0.1) is 0 Å². The van der Waals surface area contributed by atoms with Gasteiger partial charge in [-0.05, 0) is 45.0 Å². The smallest absolute Gasteiger partial charge is 0.296 e. The molecule has 1 atom stereocenters. The van der Waals surface area contributed by atoms with Gasteiger partial charge in [0.1, 0.15) is 0 Å². The lowest BCUT2D eigenvalue weighted by Gasteiger charge is -2.32. The van der Waals surface area contributed by atoms with E-state index in [0.717, 1.165) is 5.57 Å². The highest BCUT2D eigenvalue weighted by molar-refractivity contribution is 6.05. The molecule has 1 unspecified atom stereocenters. The van der Waals surface area contributed by atoms with Crippen molar-refractivity contribution in [1.82, 2.24) is 5.32 Å². The summed E-state index contributed by atoms with van der Waals surface area (Å²) < 4.78 is 32.9. The number of rotatable bonds is 6. The fraction of sp³-hybridized carbons (Fsp3) is 0.444. The molecule has 0 bridgehead atoms. The van der Waals surface area contributed by atoms with Crippen molar-refractivity contribution >= 4 is 11.7 Å². The first-order valence-corrected chi connectivity index (χ1v) is 7.97. The zero-order chi connectivity index (χ0) is 19.0. The molecule has 7 heteroatoms. The van der Waals surface area contributed by atoms with Crippen molar-refractivity contribution in [1.29, 1.82) is 0 Å². The first kappa shape index (κ1) is 20.8. The van der Waals surface area contributed by atoms with E-state index in [1.807, 2.05) is 6.92 Å². The average Bonchev–Trinajstić information content (AvgIpc) is 2.54.